The monoisotopic (exact) mass is 319 g/mol. The Morgan fingerprint density at radius 1 is 1.32 bits per heavy atom. The molecule has 1 fully saturated rings. The zero-order chi connectivity index (χ0) is 15.5. The second kappa shape index (κ2) is 6.44. The lowest BCUT2D eigenvalue weighted by atomic mass is 10.0. The number of thiazole rings is 1. The molecule has 2 aromatic rings. The van der Waals surface area contributed by atoms with E-state index in [-0.39, 0.29) is 17.8 Å². The number of nitrogens with one attached hydrogen (secondary N) is 1. The Bertz CT molecular complexity index is 648. The van der Waals surface area contributed by atoms with Crippen molar-refractivity contribution in [1.82, 2.24) is 10.3 Å². The van der Waals surface area contributed by atoms with E-state index in [1.807, 2.05) is 6.92 Å². The van der Waals surface area contributed by atoms with Crippen LogP contribution >= 0.6 is 11.3 Å². The summed E-state index contributed by atoms with van der Waals surface area (Å²) in [5, 5.41) is 5.74. The number of carbonyl (C=O) groups excluding carboxylic acids is 1. The van der Waals surface area contributed by atoms with E-state index in [4.69, 9.17) is 0 Å². The molecule has 0 bridgehead atoms. The molecular formula is C16H18FN3OS. The first-order valence-electron chi connectivity index (χ1n) is 7.35. The molecule has 2 heterocycles. The molecule has 4 nitrogen and oxygen atoms in total. The number of hydrogen-bond donors (Lipinski definition) is 1. The van der Waals surface area contributed by atoms with Gasteiger partial charge < -0.3 is 10.2 Å². The molecule has 0 unspecified atom stereocenters. The predicted octanol–water partition coefficient (Wildman–Crippen LogP) is 2.99. The fraction of sp³-hybridized carbons (Fsp3) is 0.375. The molecule has 0 aliphatic carbocycles. The van der Waals surface area contributed by atoms with Gasteiger partial charge in [0.05, 0.1) is 5.01 Å². The van der Waals surface area contributed by atoms with Gasteiger partial charge in [-0.1, -0.05) is 0 Å². The van der Waals surface area contributed by atoms with Crippen LogP contribution in [0, 0.1) is 12.7 Å². The molecule has 22 heavy (non-hydrogen) atoms. The van der Waals surface area contributed by atoms with Gasteiger partial charge in [-0.2, -0.15) is 0 Å². The summed E-state index contributed by atoms with van der Waals surface area (Å²) in [6, 6.07) is 6.73. The number of rotatable bonds is 3. The minimum absolute atomic E-state index is 0.0930. The first-order valence-corrected chi connectivity index (χ1v) is 8.23. The third-order valence-corrected chi connectivity index (χ3v) is 4.65. The fourth-order valence-corrected chi connectivity index (χ4v) is 3.25. The number of anilines is 1. The number of hydrogen-bond acceptors (Lipinski definition) is 4. The van der Waals surface area contributed by atoms with Gasteiger partial charge in [-0.25, -0.2) is 9.37 Å². The van der Waals surface area contributed by atoms with Gasteiger partial charge in [0.2, 0.25) is 0 Å². The van der Waals surface area contributed by atoms with Crippen LogP contribution in [0.3, 0.4) is 0 Å². The van der Waals surface area contributed by atoms with Gasteiger partial charge in [0.25, 0.3) is 5.91 Å². The number of piperidine rings is 1. The zero-order valence-electron chi connectivity index (χ0n) is 12.4. The van der Waals surface area contributed by atoms with Crippen LogP contribution < -0.4 is 10.2 Å². The van der Waals surface area contributed by atoms with Crippen LogP contribution in [-0.2, 0) is 0 Å². The SMILES string of the molecule is Cc1nc(C(=O)NC2CCN(c3ccc(F)cc3)CC2)cs1. The molecule has 0 spiro atoms. The van der Waals surface area contributed by atoms with Gasteiger partial charge in [-0.3, -0.25) is 4.79 Å². The highest BCUT2D eigenvalue weighted by molar-refractivity contribution is 7.09. The maximum absolute atomic E-state index is 13.0. The lowest BCUT2D eigenvalue weighted by molar-refractivity contribution is 0.0926. The molecule has 1 amide bonds. The number of halogens is 1. The van der Waals surface area contributed by atoms with Crippen molar-refractivity contribution < 1.29 is 9.18 Å². The van der Waals surface area contributed by atoms with E-state index < -0.39 is 0 Å². The Balaban J connectivity index is 1.53. The van der Waals surface area contributed by atoms with Crippen LogP contribution in [0.1, 0.15) is 28.3 Å². The largest absolute Gasteiger partial charge is 0.371 e. The number of benzene rings is 1. The Morgan fingerprint density at radius 3 is 2.59 bits per heavy atom. The molecule has 1 aromatic carbocycles. The van der Waals surface area contributed by atoms with Crippen LogP contribution in [0.4, 0.5) is 10.1 Å². The summed E-state index contributed by atoms with van der Waals surface area (Å²) in [6.07, 6.45) is 1.76. The lowest BCUT2D eigenvalue weighted by Gasteiger charge is -2.33. The summed E-state index contributed by atoms with van der Waals surface area (Å²) in [7, 11) is 0. The zero-order valence-corrected chi connectivity index (χ0v) is 13.2. The molecule has 0 radical (unpaired) electrons. The minimum Gasteiger partial charge on any atom is -0.371 e. The average molecular weight is 319 g/mol. The normalized spacial score (nSPS) is 15.8. The molecular weight excluding hydrogens is 301 g/mol. The maximum Gasteiger partial charge on any atom is 0.270 e. The third kappa shape index (κ3) is 3.44. The highest BCUT2D eigenvalue weighted by Gasteiger charge is 2.22. The maximum atomic E-state index is 13.0. The summed E-state index contributed by atoms with van der Waals surface area (Å²) in [6.45, 7) is 3.60. The van der Waals surface area contributed by atoms with Crippen LogP contribution in [0.25, 0.3) is 0 Å². The van der Waals surface area contributed by atoms with Crippen molar-refractivity contribution >= 4 is 22.9 Å². The second-order valence-electron chi connectivity index (χ2n) is 5.46. The topological polar surface area (TPSA) is 45.2 Å². The van der Waals surface area contributed by atoms with E-state index in [1.165, 1.54) is 23.5 Å². The molecule has 3 rings (SSSR count). The van der Waals surface area contributed by atoms with Gasteiger partial charge in [0.15, 0.2) is 0 Å². The molecule has 0 saturated carbocycles. The van der Waals surface area contributed by atoms with Crippen LogP contribution in [0.15, 0.2) is 29.6 Å². The number of aromatic nitrogens is 1. The van der Waals surface area contributed by atoms with Crippen molar-refractivity contribution in [3.05, 3.63) is 46.2 Å². The molecule has 1 aliphatic rings. The number of carbonyl (C=O) groups is 1. The van der Waals surface area contributed by atoms with Gasteiger partial charge in [0, 0.05) is 30.2 Å². The standard InChI is InChI=1S/C16H18FN3OS/c1-11-18-15(10-22-11)16(21)19-13-6-8-20(9-7-13)14-4-2-12(17)3-5-14/h2-5,10,13H,6-9H2,1H3,(H,19,21). The van der Waals surface area contributed by atoms with Crippen molar-refractivity contribution in [1.29, 1.82) is 0 Å². The summed E-state index contributed by atoms with van der Waals surface area (Å²) in [5.74, 6) is -0.311. The average Bonchev–Trinajstić information content (AvgIpc) is 2.96. The van der Waals surface area contributed by atoms with Gasteiger partial charge in [-0.15, -0.1) is 11.3 Å². The Kier molecular flexibility index (Phi) is 4.38. The van der Waals surface area contributed by atoms with Crippen LogP contribution in [0.5, 0.6) is 0 Å². The predicted molar refractivity (Wildman–Crippen MR) is 86.0 cm³/mol. The van der Waals surface area contributed by atoms with Crippen LogP contribution in [-0.4, -0.2) is 30.0 Å². The highest BCUT2D eigenvalue weighted by Crippen LogP contribution is 2.20. The summed E-state index contributed by atoms with van der Waals surface area (Å²) in [4.78, 5) is 18.5. The van der Waals surface area contributed by atoms with Crippen LogP contribution in [0.2, 0.25) is 0 Å². The van der Waals surface area contributed by atoms with Gasteiger partial charge in [0.1, 0.15) is 11.5 Å². The summed E-state index contributed by atoms with van der Waals surface area (Å²) < 4.78 is 13.0. The molecule has 116 valence electrons. The molecule has 6 heteroatoms. The highest BCUT2D eigenvalue weighted by atomic mass is 32.1. The van der Waals surface area contributed by atoms with E-state index in [9.17, 15) is 9.18 Å². The Labute approximate surface area is 133 Å². The molecule has 1 saturated heterocycles. The van der Waals surface area contributed by atoms with Gasteiger partial charge in [-0.05, 0) is 44.0 Å². The quantitative estimate of drug-likeness (QED) is 0.946. The number of amides is 1. The van der Waals surface area contributed by atoms with E-state index in [0.717, 1.165) is 36.6 Å². The van der Waals surface area contributed by atoms with E-state index in [0.29, 0.717) is 5.69 Å². The number of nitrogens with zero attached hydrogens (tertiary/aromatic N) is 2. The smallest absolute Gasteiger partial charge is 0.270 e. The first kappa shape index (κ1) is 15.0. The van der Waals surface area contributed by atoms with Crippen molar-refractivity contribution in [2.75, 3.05) is 18.0 Å². The first-order chi connectivity index (χ1) is 10.6. The molecule has 1 N–H and O–H groups in total. The Hall–Kier alpha value is -1.95. The number of aryl methyl sites for hydroxylation is 1. The molecule has 1 aliphatic heterocycles. The van der Waals surface area contributed by atoms with Crippen molar-refractivity contribution in [3.63, 3.8) is 0 Å². The lowest BCUT2D eigenvalue weighted by Crippen LogP contribution is -2.44. The Morgan fingerprint density at radius 2 is 2.00 bits per heavy atom. The molecule has 1 aromatic heterocycles. The summed E-state index contributed by atoms with van der Waals surface area (Å²) in [5.41, 5.74) is 1.53. The van der Waals surface area contributed by atoms with Crippen molar-refractivity contribution in [2.45, 2.75) is 25.8 Å². The second-order valence-corrected chi connectivity index (χ2v) is 6.53. The van der Waals surface area contributed by atoms with Crippen molar-refractivity contribution in [3.8, 4) is 0 Å². The minimum atomic E-state index is -0.218. The molecule has 0 atom stereocenters. The van der Waals surface area contributed by atoms with Gasteiger partial charge >= 0.3 is 0 Å². The van der Waals surface area contributed by atoms with E-state index >= 15 is 0 Å². The van der Waals surface area contributed by atoms with E-state index in [1.54, 1.807) is 17.5 Å². The fourth-order valence-electron chi connectivity index (χ4n) is 2.66. The van der Waals surface area contributed by atoms with Crippen molar-refractivity contribution in [2.24, 2.45) is 0 Å². The third-order valence-electron chi connectivity index (χ3n) is 3.87. The van der Waals surface area contributed by atoms with E-state index in [2.05, 4.69) is 15.2 Å². The summed E-state index contributed by atoms with van der Waals surface area (Å²) >= 11 is 1.48.